The maximum absolute atomic E-state index is 12.1. The van der Waals surface area contributed by atoms with E-state index in [-0.39, 0.29) is 5.91 Å². The number of hydrogen-bond acceptors (Lipinski definition) is 3. The van der Waals surface area contributed by atoms with E-state index in [0.29, 0.717) is 11.5 Å². The Hall–Kier alpha value is -1.91. The van der Waals surface area contributed by atoms with E-state index >= 15 is 0 Å². The van der Waals surface area contributed by atoms with Crippen molar-refractivity contribution in [2.45, 2.75) is 40.2 Å². The van der Waals surface area contributed by atoms with Crippen LogP contribution < -0.4 is 5.32 Å². The van der Waals surface area contributed by atoms with Crippen molar-refractivity contribution < 1.29 is 4.79 Å². The first-order chi connectivity index (χ1) is 9.69. The molecule has 1 N–H and O–H groups in total. The highest BCUT2D eigenvalue weighted by atomic mass is 16.1. The summed E-state index contributed by atoms with van der Waals surface area (Å²) in [5.41, 5.74) is 2.37. The van der Waals surface area contributed by atoms with Gasteiger partial charge in [0.25, 0.3) is 5.91 Å². The van der Waals surface area contributed by atoms with Crippen LogP contribution in [0.15, 0.2) is 18.2 Å². The minimum atomic E-state index is -0.0372. The number of carbonyl (C=O) groups is 1. The van der Waals surface area contributed by atoms with Crippen LogP contribution in [0.3, 0.4) is 0 Å². The maximum atomic E-state index is 12.1. The number of nitrogens with one attached hydrogen (secondary N) is 1. The number of benzene rings is 1. The summed E-state index contributed by atoms with van der Waals surface area (Å²) >= 11 is 0. The molecule has 0 saturated carbocycles. The number of aryl methyl sites for hydroxylation is 1. The highest BCUT2D eigenvalue weighted by Gasteiger charge is 2.11. The van der Waals surface area contributed by atoms with Gasteiger partial charge in [-0.25, -0.2) is 4.68 Å². The number of fused-ring (bicyclic) bond motifs is 1. The molecule has 1 aromatic heterocycles. The molecule has 2 rings (SSSR count). The summed E-state index contributed by atoms with van der Waals surface area (Å²) in [5.74, 6) is 0.508. The van der Waals surface area contributed by atoms with Crippen LogP contribution in [0.2, 0.25) is 0 Å². The lowest BCUT2D eigenvalue weighted by molar-refractivity contribution is 0.0946. The second kappa shape index (κ2) is 6.50. The van der Waals surface area contributed by atoms with Crippen molar-refractivity contribution in [2.24, 2.45) is 5.92 Å². The van der Waals surface area contributed by atoms with Crippen molar-refractivity contribution in [3.8, 4) is 0 Å². The summed E-state index contributed by atoms with van der Waals surface area (Å²) in [5, 5.41) is 11.1. The van der Waals surface area contributed by atoms with Crippen molar-refractivity contribution in [1.29, 1.82) is 0 Å². The van der Waals surface area contributed by atoms with Gasteiger partial charge in [0.15, 0.2) is 0 Å². The van der Waals surface area contributed by atoms with Gasteiger partial charge in [0.1, 0.15) is 5.52 Å². The van der Waals surface area contributed by atoms with Gasteiger partial charge in [0.05, 0.1) is 5.52 Å². The van der Waals surface area contributed by atoms with E-state index in [9.17, 15) is 4.79 Å². The van der Waals surface area contributed by atoms with Crippen LogP contribution in [0.25, 0.3) is 11.0 Å². The quantitative estimate of drug-likeness (QED) is 0.881. The third-order valence-corrected chi connectivity index (χ3v) is 3.78. The number of rotatable bonds is 6. The van der Waals surface area contributed by atoms with Crippen molar-refractivity contribution in [1.82, 2.24) is 20.3 Å². The van der Waals surface area contributed by atoms with Crippen molar-refractivity contribution in [3.63, 3.8) is 0 Å². The average molecular weight is 274 g/mol. The summed E-state index contributed by atoms with van der Waals surface area (Å²) in [7, 11) is 0. The molecule has 1 amide bonds. The van der Waals surface area contributed by atoms with Gasteiger partial charge in [-0.3, -0.25) is 4.79 Å². The zero-order valence-corrected chi connectivity index (χ0v) is 12.4. The van der Waals surface area contributed by atoms with Gasteiger partial charge < -0.3 is 5.32 Å². The fraction of sp³-hybridized carbons (Fsp3) is 0.533. The molecule has 0 aliphatic rings. The number of nitrogens with zero attached hydrogens (tertiary/aromatic N) is 3. The Morgan fingerprint density at radius 2 is 2.05 bits per heavy atom. The van der Waals surface area contributed by atoms with E-state index in [2.05, 4.69) is 29.5 Å². The second-order valence-electron chi connectivity index (χ2n) is 5.00. The number of carbonyl (C=O) groups excluding carboxylic acids is 1. The number of hydrogen-bond donors (Lipinski definition) is 1. The molecule has 0 atom stereocenters. The Kier molecular flexibility index (Phi) is 4.71. The Labute approximate surface area is 119 Å². The fourth-order valence-electron chi connectivity index (χ4n) is 2.26. The summed E-state index contributed by atoms with van der Waals surface area (Å²) in [6.45, 7) is 7.82. The standard InChI is InChI=1S/C15H22N4O/c1-4-11(5-2)10-16-15(20)12-7-8-14-13(9-12)17-18-19(14)6-3/h7-9,11H,4-6,10H2,1-3H3,(H,16,20). The van der Waals surface area contributed by atoms with Gasteiger partial charge in [-0.1, -0.05) is 31.9 Å². The van der Waals surface area contributed by atoms with Gasteiger partial charge in [-0.05, 0) is 31.0 Å². The van der Waals surface area contributed by atoms with Crippen LogP contribution >= 0.6 is 0 Å². The summed E-state index contributed by atoms with van der Waals surface area (Å²) < 4.78 is 1.82. The molecule has 108 valence electrons. The van der Waals surface area contributed by atoms with Gasteiger partial charge in [0.2, 0.25) is 0 Å². The predicted octanol–water partition coefficient (Wildman–Crippen LogP) is 2.62. The highest BCUT2D eigenvalue weighted by Crippen LogP contribution is 2.14. The lowest BCUT2D eigenvalue weighted by atomic mass is 10.0. The van der Waals surface area contributed by atoms with Crippen LogP contribution in [-0.4, -0.2) is 27.4 Å². The average Bonchev–Trinajstić information content (AvgIpc) is 2.90. The van der Waals surface area contributed by atoms with E-state index in [0.717, 1.165) is 37.0 Å². The molecular weight excluding hydrogens is 252 g/mol. The second-order valence-corrected chi connectivity index (χ2v) is 5.00. The lowest BCUT2D eigenvalue weighted by Crippen LogP contribution is -2.28. The Balaban J connectivity index is 2.10. The fourth-order valence-corrected chi connectivity index (χ4v) is 2.26. The first kappa shape index (κ1) is 14.5. The zero-order valence-electron chi connectivity index (χ0n) is 12.4. The smallest absolute Gasteiger partial charge is 0.251 e. The van der Waals surface area contributed by atoms with Gasteiger partial charge in [-0.15, -0.1) is 5.10 Å². The molecule has 1 aromatic carbocycles. The van der Waals surface area contributed by atoms with Crippen LogP contribution in [0, 0.1) is 5.92 Å². The molecule has 0 unspecified atom stereocenters. The SMILES string of the molecule is CCC(CC)CNC(=O)c1ccc2c(c1)nnn2CC. The Morgan fingerprint density at radius 3 is 2.70 bits per heavy atom. The van der Waals surface area contributed by atoms with E-state index in [1.54, 1.807) is 6.07 Å². The molecule has 0 aliphatic heterocycles. The Morgan fingerprint density at radius 1 is 1.30 bits per heavy atom. The molecule has 1 heterocycles. The summed E-state index contributed by atoms with van der Waals surface area (Å²) in [6.07, 6.45) is 2.17. The molecule has 0 spiro atoms. The Bertz CT molecular complexity index is 587. The molecule has 20 heavy (non-hydrogen) atoms. The van der Waals surface area contributed by atoms with E-state index in [1.165, 1.54) is 0 Å². The van der Waals surface area contributed by atoms with Gasteiger partial charge >= 0.3 is 0 Å². The summed E-state index contributed by atoms with van der Waals surface area (Å²) in [4.78, 5) is 12.1. The molecule has 2 aromatic rings. The largest absolute Gasteiger partial charge is 0.352 e. The van der Waals surface area contributed by atoms with E-state index < -0.39 is 0 Å². The van der Waals surface area contributed by atoms with Crippen molar-refractivity contribution in [2.75, 3.05) is 6.54 Å². The number of amides is 1. The molecule has 0 bridgehead atoms. The van der Waals surface area contributed by atoms with Crippen LogP contribution in [0.5, 0.6) is 0 Å². The molecule has 0 fully saturated rings. The molecule has 0 saturated heterocycles. The third-order valence-electron chi connectivity index (χ3n) is 3.78. The predicted molar refractivity (Wildman–Crippen MR) is 79.6 cm³/mol. The molecule has 5 nitrogen and oxygen atoms in total. The molecule has 0 radical (unpaired) electrons. The molecular formula is C15H22N4O. The minimum absolute atomic E-state index is 0.0372. The summed E-state index contributed by atoms with van der Waals surface area (Å²) in [6, 6.07) is 5.54. The van der Waals surface area contributed by atoms with Gasteiger partial charge in [0, 0.05) is 18.7 Å². The van der Waals surface area contributed by atoms with Crippen LogP contribution in [-0.2, 0) is 6.54 Å². The number of aromatic nitrogens is 3. The third kappa shape index (κ3) is 2.98. The maximum Gasteiger partial charge on any atom is 0.251 e. The monoisotopic (exact) mass is 274 g/mol. The highest BCUT2D eigenvalue weighted by molar-refractivity contribution is 5.97. The first-order valence-electron chi connectivity index (χ1n) is 7.31. The van der Waals surface area contributed by atoms with Crippen molar-refractivity contribution >= 4 is 16.9 Å². The van der Waals surface area contributed by atoms with E-state index in [4.69, 9.17) is 0 Å². The lowest BCUT2D eigenvalue weighted by Gasteiger charge is -2.13. The molecule has 0 aliphatic carbocycles. The minimum Gasteiger partial charge on any atom is -0.352 e. The van der Waals surface area contributed by atoms with E-state index in [1.807, 2.05) is 23.7 Å². The molecule has 5 heteroatoms. The first-order valence-corrected chi connectivity index (χ1v) is 7.31. The van der Waals surface area contributed by atoms with Gasteiger partial charge in [-0.2, -0.15) is 0 Å². The van der Waals surface area contributed by atoms with Crippen LogP contribution in [0.4, 0.5) is 0 Å². The normalized spacial score (nSPS) is 11.2. The van der Waals surface area contributed by atoms with Crippen molar-refractivity contribution in [3.05, 3.63) is 23.8 Å². The van der Waals surface area contributed by atoms with Crippen LogP contribution in [0.1, 0.15) is 44.0 Å². The zero-order chi connectivity index (χ0) is 14.5. The topological polar surface area (TPSA) is 59.8 Å².